The first kappa shape index (κ1) is 7.30. The fourth-order valence-corrected chi connectivity index (χ4v) is 2.02. The van der Waals surface area contributed by atoms with Gasteiger partial charge < -0.3 is 4.74 Å². The third-order valence-corrected chi connectivity index (χ3v) is 2.83. The van der Waals surface area contributed by atoms with E-state index in [1.54, 1.807) is 0 Å². The Morgan fingerprint density at radius 1 is 1.23 bits per heavy atom. The van der Waals surface area contributed by atoms with Crippen molar-refractivity contribution in [2.75, 3.05) is 6.61 Å². The molecule has 1 aromatic carbocycles. The summed E-state index contributed by atoms with van der Waals surface area (Å²) in [5.41, 5.74) is 0.455. The minimum Gasteiger partial charge on any atom is -0.490 e. The van der Waals surface area contributed by atoms with E-state index in [4.69, 9.17) is 4.74 Å². The molecule has 0 N–H and O–H groups in total. The van der Waals surface area contributed by atoms with E-state index in [1.807, 2.05) is 0 Å². The van der Waals surface area contributed by atoms with Gasteiger partial charge in [0.1, 0.15) is 5.82 Å². The van der Waals surface area contributed by atoms with E-state index in [2.05, 4.69) is 0 Å². The molecule has 0 aromatic heterocycles. The maximum Gasteiger partial charge on any atom is 0.165 e. The topological polar surface area (TPSA) is 9.23 Å². The zero-order chi connectivity index (χ0) is 9.00. The van der Waals surface area contributed by atoms with Crippen LogP contribution in [0, 0.1) is 17.6 Å². The van der Waals surface area contributed by atoms with Crippen LogP contribution in [0.5, 0.6) is 5.75 Å². The highest BCUT2D eigenvalue weighted by atomic mass is 19.1. The lowest BCUT2D eigenvalue weighted by Gasteiger charge is -2.17. The second-order valence-corrected chi connectivity index (χ2v) is 3.69. The minimum atomic E-state index is -0.443. The first-order valence-electron chi connectivity index (χ1n) is 4.38. The molecule has 1 nitrogen and oxygen atoms in total. The average molecular weight is 182 g/mol. The Kier molecular flexibility index (Phi) is 1.25. The molecule has 3 rings (SSSR count). The Labute approximate surface area is 74.3 Å². The third kappa shape index (κ3) is 0.900. The molecule has 1 aromatic rings. The molecular weight excluding hydrogens is 174 g/mol. The maximum absolute atomic E-state index is 13.3. The standard InChI is InChI=1S/C10H8F2O/c11-7-1-2-8(12)10-9(7)6-3-5(6)4-13-10/h1-2,5-6H,3-4H2/t5-,6-/m0/s1. The van der Waals surface area contributed by atoms with Gasteiger partial charge in [0.05, 0.1) is 6.61 Å². The van der Waals surface area contributed by atoms with Gasteiger partial charge >= 0.3 is 0 Å². The molecule has 0 radical (unpaired) electrons. The fraction of sp³-hybridized carbons (Fsp3) is 0.400. The number of halogens is 2. The van der Waals surface area contributed by atoms with Crippen LogP contribution in [0.25, 0.3) is 0 Å². The zero-order valence-corrected chi connectivity index (χ0v) is 6.89. The molecule has 13 heavy (non-hydrogen) atoms. The molecule has 1 aliphatic heterocycles. The molecule has 0 bridgehead atoms. The number of rotatable bonds is 0. The van der Waals surface area contributed by atoms with Crippen molar-refractivity contribution in [3.63, 3.8) is 0 Å². The van der Waals surface area contributed by atoms with E-state index in [0.29, 0.717) is 18.1 Å². The molecule has 3 heteroatoms. The van der Waals surface area contributed by atoms with Crippen molar-refractivity contribution in [1.29, 1.82) is 0 Å². The van der Waals surface area contributed by atoms with Crippen LogP contribution < -0.4 is 4.74 Å². The van der Waals surface area contributed by atoms with E-state index in [-0.39, 0.29) is 17.5 Å². The molecule has 1 heterocycles. The molecule has 2 aliphatic rings. The molecule has 2 atom stereocenters. The van der Waals surface area contributed by atoms with Gasteiger partial charge in [-0.2, -0.15) is 0 Å². The van der Waals surface area contributed by atoms with Gasteiger partial charge in [-0.15, -0.1) is 0 Å². The van der Waals surface area contributed by atoms with Crippen LogP contribution >= 0.6 is 0 Å². The van der Waals surface area contributed by atoms with Crippen molar-refractivity contribution < 1.29 is 13.5 Å². The Bertz CT molecular complexity index is 375. The SMILES string of the molecule is Fc1ccc(F)c2c1OC[C@@H]1C[C@H]21. The van der Waals surface area contributed by atoms with Gasteiger partial charge in [0.15, 0.2) is 11.6 Å². The maximum atomic E-state index is 13.3. The number of benzene rings is 1. The van der Waals surface area contributed by atoms with Crippen LogP contribution in [-0.4, -0.2) is 6.61 Å². The summed E-state index contributed by atoms with van der Waals surface area (Å²) in [4.78, 5) is 0. The van der Waals surface area contributed by atoms with E-state index >= 15 is 0 Å². The summed E-state index contributed by atoms with van der Waals surface area (Å²) in [6.45, 7) is 0.540. The van der Waals surface area contributed by atoms with Crippen molar-refractivity contribution in [2.45, 2.75) is 12.3 Å². The summed E-state index contributed by atoms with van der Waals surface area (Å²) in [6, 6.07) is 2.30. The summed E-state index contributed by atoms with van der Waals surface area (Å²) in [5.74, 6) is -0.00708. The fourth-order valence-electron chi connectivity index (χ4n) is 2.02. The number of ether oxygens (including phenoxy) is 1. The Morgan fingerprint density at radius 2 is 2.00 bits per heavy atom. The highest BCUT2D eigenvalue weighted by Crippen LogP contribution is 2.54. The highest BCUT2D eigenvalue weighted by Gasteiger charge is 2.46. The Balaban J connectivity index is 2.22. The summed E-state index contributed by atoms with van der Waals surface area (Å²) in [6.07, 6.45) is 0.938. The smallest absolute Gasteiger partial charge is 0.165 e. The Morgan fingerprint density at radius 3 is 2.85 bits per heavy atom. The lowest BCUT2D eigenvalue weighted by molar-refractivity contribution is 0.261. The number of hydrogen-bond donors (Lipinski definition) is 0. The second kappa shape index (κ2) is 2.22. The summed E-state index contributed by atoms with van der Waals surface area (Å²) in [7, 11) is 0. The van der Waals surface area contributed by atoms with Crippen molar-refractivity contribution in [2.24, 2.45) is 5.92 Å². The van der Waals surface area contributed by atoms with Gasteiger partial charge in [-0.1, -0.05) is 0 Å². The second-order valence-electron chi connectivity index (χ2n) is 3.69. The number of fused-ring (bicyclic) bond motifs is 3. The van der Waals surface area contributed by atoms with Crippen molar-refractivity contribution in [3.8, 4) is 5.75 Å². The molecule has 68 valence electrons. The quantitative estimate of drug-likeness (QED) is 0.598. The third-order valence-electron chi connectivity index (χ3n) is 2.83. The summed E-state index contributed by atoms with van der Waals surface area (Å²) >= 11 is 0. The highest BCUT2D eigenvalue weighted by molar-refractivity contribution is 5.44. The molecule has 1 saturated carbocycles. The average Bonchev–Trinajstić information content (AvgIpc) is 2.89. The normalized spacial score (nSPS) is 28.8. The Hall–Kier alpha value is -1.12. The van der Waals surface area contributed by atoms with E-state index in [1.165, 1.54) is 6.07 Å². The predicted octanol–water partition coefficient (Wildman–Crippen LogP) is 2.46. The zero-order valence-electron chi connectivity index (χ0n) is 6.89. The summed E-state index contributed by atoms with van der Waals surface area (Å²) in [5, 5.41) is 0. The van der Waals surface area contributed by atoms with E-state index in [9.17, 15) is 8.78 Å². The first-order valence-corrected chi connectivity index (χ1v) is 4.38. The largest absolute Gasteiger partial charge is 0.490 e. The minimum absolute atomic E-state index is 0.138. The van der Waals surface area contributed by atoms with E-state index in [0.717, 1.165) is 12.5 Å². The van der Waals surface area contributed by atoms with Crippen molar-refractivity contribution >= 4 is 0 Å². The van der Waals surface area contributed by atoms with Crippen LogP contribution in [0.15, 0.2) is 12.1 Å². The van der Waals surface area contributed by atoms with Gasteiger partial charge in [-0.25, -0.2) is 8.78 Å². The van der Waals surface area contributed by atoms with Gasteiger partial charge in [-0.3, -0.25) is 0 Å². The molecule has 0 saturated heterocycles. The van der Waals surface area contributed by atoms with Crippen LogP contribution in [0.2, 0.25) is 0 Å². The van der Waals surface area contributed by atoms with Gasteiger partial charge in [-0.05, 0) is 24.5 Å². The predicted molar refractivity (Wildman–Crippen MR) is 42.7 cm³/mol. The van der Waals surface area contributed by atoms with Crippen LogP contribution in [-0.2, 0) is 0 Å². The first-order chi connectivity index (χ1) is 6.27. The molecular formula is C10H8F2O. The monoisotopic (exact) mass is 182 g/mol. The molecule has 1 aliphatic carbocycles. The molecule has 0 amide bonds. The van der Waals surface area contributed by atoms with E-state index < -0.39 is 5.82 Å². The van der Waals surface area contributed by atoms with Crippen LogP contribution in [0.4, 0.5) is 8.78 Å². The number of hydrogen-bond acceptors (Lipinski definition) is 1. The lowest BCUT2D eigenvalue weighted by Crippen LogP contribution is -2.11. The van der Waals surface area contributed by atoms with Crippen molar-refractivity contribution in [3.05, 3.63) is 29.3 Å². The molecule has 0 unspecified atom stereocenters. The van der Waals surface area contributed by atoms with Gasteiger partial charge in [0, 0.05) is 11.5 Å². The van der Waals surface area contributed by atoms with Crippen molar-refractivity contribution in [1.82, 2.24) is 0 Å². The lowest BCUT2D eigenvalue weighted by atomic mass is 10.1. The van der Waals surface area contributed by atoms with Crippen LogP contribution in [0.1, 0.15) is 17.9 Å². The molecule has 1 fully saturated rings. The van der Waals surface area contributed by atoms with Gasteiger partial charge in [0.2, 0.25) is 0 Å². The molecule has 0 spiro atoms. The summed E-state index contributed by atoms with van der Waals surface area (Å²) < 4.78 is 31.6. The van der Waals surface area contributed by atoms with Crippen LogP contribution in [0.3, 0.4) is 0 Å². The van der Waals surface area contributed by atoms with Gasteiger partial charge in [0.25, 0.3) is 0 Å².